The first-order chi connectivity index (χ1) is 9.19. The predicted molar refractivity (Wildman–Crippen MR) is 79.2 cm³/mol. The number of imidazole rings is 1. The number of aryl methyl sites for hydroxylation is 1. The van der Waals surface area contributed by atoms with Crippen molar-refractivity contribution in [2.45, 2.75) is 13.5 Å². The Morgan fingerprint density at radius 3 is 2.89 bits per heavy atom. The van der Waals surface area contributed by atoms with Gasteiger partial charge >= 0.3 is 0 Å². The third-order valence-corrected chi connectivity index (χ3v) is 3.73. The van der Waals surface area contributed by atoms with E-state index in [2.05, 4.69) is 9.97 Å². The number of hydrogen-bond donors (Lipinski definition) is 2. The lowest BCUT2D eigenvalue weighted by Gasteiger charge is -2.02. The van der Waals surface area contributed by atoms with Gasteiger partial charge in [0.25, 0.3) is 0 Å². The number of halogens is 1. The largest absolute Gasteiger partial charge is 0.338 e. The summed E-state index contributed by atoms with van der Waals surface area (Å²) in [6.45, 7) is 2.51. The highest BCUT2D eigenvalue weighted by atomic mass is 35.5. The molecule has 0 bridgehead atoms. The van der Waals surface area contributed by atoms with Gasteiger partial charge in [0.2, 0.25) is 0 Å². The van der Waals surface area contributed by atoms with Crippen LogP contribution in [0.25, 0.3) is 22.4 Å². The highest BCUT2D eigenvalue weighted by Crippen LogP contribution is 2.29. The van der Waals surface area contributed by atoms with E-state index in [9.17, 15) is 0 Å². The van der Waals surface area contributed by atoms with Crippen molar-refractivity contribution in [3.8, 4) is 11.4 Å². The normalized spacial score (nSPS) is 11.1. The molecule has 19 heavy (non-hydrogen) atoms. The second-order valence-electron chi connectivity index (χ2n) is 4.58. The van der Waals surface area contributed by atoms with Gasteiger partial charge in [0.05, 0.1) is 16.1 Å². The maximum absolute atomic E-state index is 6.33. The zero-order valence-corrected chi connectivity index (χ0v) is 11.3. The van der Waals surface area contributed by atoms with Gasteiger partial charge in [-0.2, -0.15) is 0 Å². The molecule has 0 fully saturated rings. The van der Waals surface area contributed by atoms with Crippen LogP contribution in [0.5, 0.6) is 0 Å². The Kier molecular flexibility index (Phi) is 3.01. The van der Waals surface area contributed by atoms with Gasteiger partial charge in [-0.15, -0.1) is 0 Å². The number of nitrogens with zero attached hydrogens (tertiary/aromatic N) is 1. The molecule has 1 aromatic heterocycles. The number of nitrogens with one attached hydrogen (secondary N) is 1. The molecule has 2 aromatic carbocycles. The summed E-state index contributed by atoms with van der Waals surface area (Å²) in [5, 5.41) is 0.737. The number of aromatic nitrogens is 2. The summed E-state index contributed by atoms with van der Waals surface area (Å²) < 4.78 is 0. The van der Waals surface area contributed by atoms with Gasteiger partial charge in [0.15, 0.2) is 0 Å². The van der Waals surface area contributed by atoms with Crippen molar-refractivity contribution in [1.29, 1.82) is 0 Å². The van der Waals surface area contributed by atoms with E-state index in [0.717, 1.165) is 38.6 Å². The van der Waals surface area contributed by atoms with E-state index < -0.39 is 0 Å². The van der Waals surface area contributed by atoms with Crippen LogP contribution in [0, 0.1) is 6.92 Å². The van der Waals surface area contributed by atoms with Crippen LogP contribution in [-0.2, 0) is 6.54 Å². The molecule has 0 saturated heterocycles. The molecular weight excluding hydrogens is 258 g/mol. The Labute approximate surface area is 116 Å². The molecule has 0 aliphatic heterocycles. The summed E-state index contributed by atoms with van der Waals surface area (Å²) in [6, 6.07) is 11.9. The molecule has 3 N–H and O–H groups in total. The first kappa shape index (κ1) is 12.2. The zero-order chi connectivity index (χ0) is 13.4. The highest BCUT2D eigenvalue weighted by molar-refractivity contribution is 6.34. The molecule has 1 heterocycles. The second kappa shape index (κ2) is 4.68. The van der Waals surface area contributed by atoms with Crippen molar-refractivity contribution in [2.75, 3.05) is 0 Å². The summed E-state index contributed by atoms with van der Waals surface area (Å²) in [7, 11) is 0. The minimum absolute atomic E-state index is 0.523. The summed E-state index contributed by atoms with van der Waals surface area (Å²) in [6.07, 6.45) is 0. The van der Waals surface area contributed by atoms with E-state index in [4.69, 9.17) is 17.3 Å². The zero-order valence-electron chi connectivity index (χ0n) is 10.6. The first-order valence-electron chi connectivity index (χ1n) is 6.13. The van der Waals surface area contributed by atoms with E-state index in [1.165, 1.54) is 0 Å². The summed E-state index contributed by atoms with van der Waals surface area (Å²) >= 11 is 6.33. The van der Waals surface area contributed by atoms with Gasteiger partial charge in [-0.25, -0.2) is 4.98 Å². The average molecular weight is 272 g/mol. The molecule has 0 spiro atoms. The van der Waals surface area contributed by atoms with Crippen molar-refractivity contribution in [2.24, 2.45) is 5.73 Å². The second-order valence-corrected chi connectivity index (χ2v) is 4.96. The summed E-state index contributed by atoms with van der Waals surface area (Å²) in [5.74, 6) is 0.790. The lowest BCUT2D eigenvalue weighted by Crippen LogP contribution is -1.95. The van der Waals surface area contributed by atoms with E-state index in [1.54, 1.807) is 0 Å². The fraction of sp³-hybridized carbons (Fsp3) is 0.133. The molecule has 0 amide bonds. The van der Waals surface area contributed by atoms with Crippen LogP contribution in [0.4, 0.5) is 0 Å². The van der Waals surface area contributed by atoms with E-state index in [1.807, 2.05) is 43.3 Å². The fourth-order valence-electron chi connectivity index (χ4n) is 2.14. The number of fused-ring (bicyclic) bond motifs is 1. The molecule has 0 atom stereocenters. The van der Waals surface area contributed by atoms with Crippen molar-refractivity contribution in [3.05, 3.63) is 52.5 Å². The Morgan fingerprint density at radius 1 is 1.26 bits per heavy atom. The van der Waals surface area contributed by atoms with Crippen LogP contribution in [-0.4, -0.2) is 9.97 Å². The number of benzene rings is 2. The van der Waals surface area contributed by atoms with Gasteiger partial charge in [0, 0.05) is 12.1 Å². The Bertz CT molecular complexity index is 746. The monoisotopic (exact) mass is 271 g/mol. The number of H-pyrrole nitrogens is 1. The highest BCUT2D eigenvalue weighted by Gasteiger charge is 2.10. The maximum atomic E-state index is 6.33. The van der Waals surface area contributed by atoms with E-state index >= 15 is 0 Å². The van der Waals surface area contributed by atoms with Crippen LogP contribution >= 0.6 is 11.6 Å². The molecule has 96 valence electrons. The summed E-state index contributed by atoms with van der Waals surface area (Å²) in [5.41, 5.74) is 10.6. The van der Waals surface area contributed by atoms with Crippen LogP contribution in [0.3, 0.4) is 0 Å². The van der Waals surface area contributed by atoms with Crippen LogP contribution < -0.4 is 5.73 Å². The quantitative estimate of drug-likeness (QED) is 0.747. The molecule has 0 aliphatic carbocycles. The Hall–Kier alpha value is -1.84. The standard InChI is InChI=1S/C15H14ClN3/c1-9-3-2-4-11(14(9)16)15-18-12-6-5-10(8-17)7-13(12)19-15/h2-7H,8,17H2,1H3,(H,18,19). The molecule has 0 saturated carbocycles. The van der Waals surface area contributed by atoms with Gasteiger partial charge in [0.1, 0.15) is 5.82 Å². The number of aromatic amines is 1. The third-order valence-electron chi connectivity index (χ3n) is 3.23. The smallest absolute Gasteiger partial charge is 0.140 e. The van der Waals surface area contributed by atoms with Crippen LogP contribution in [0.1, 0.15) is 11.1 Å². The Morgan fingerprint density at radius 2 is 2.11 bits per heavy atom. The molecule has 0 aliphatic rings. The van der Waals surface area contributed by atoms with Gasteiger partial charge in [-0.1, -0.05) is 29.8 Å². The molecular formula is C15H14ClN3. The van der Waals surface area contributed by atoms with Gasteiger partial charge in [-0.3, -0.25) is 0 Å². The third kappa shape index (κ3) is 2.11. The Balaban J connectivity index is 2.18. The van der Waals surface area contributed by atoms with Gasteiger partial charge < -0.3 is 10.7 Å². The molecule has 4 heteroatoms. The minimum atomic E-state index is 0.523. The van der Waals surface area contributed by atoms with E-state index in [0.29, 0.717) is 6.54 Å². The van der Waals surface area contributed by atoms with Crippen LogP contribution in [0.2, 0.25) is 5.02 Å². The van der Waals surface area contributed by atoms with Gasteiger partial charge in [-0.05, 0) is 36.2 Å². The number of rotatable bonds is 2. The summed E-state index contributed by atoms with van der Waals surface area (Å²) in [4.78, 5) is 7.88. The maximum Gasteiger partial charge on any atom is 0.140 e. The van der Waals surface area contributed by atoms with E-state index in [-0.39, 0.29) is 0 Å². The van der Waals surface area contributed by atoms with Crippen LogP contribution in [0.15, 0.2) is 36.4 Å². The predicted octanol–water partition coefficient (Wildman–Crippen LogP) is 3.65. The van der Waals surface area contributed by atoms with Crippen molar-refractivity contribution < 1.29 is 0 Å². The lowest BCUT2D eigenvalue weighted by atomic mass is 10.1. The first-order valence-corrected chi connectivity index (χ1v) is 6.51. The van der Waals surface area contributed by atoms with Crippen molar-refractivity contribution >= 4 is 22.6 Å². The molecule has 3 nitrogen and oxygen atoms in total. The molecule has 0 unspecified atom stereocenters. The minimum Gasteiger partial charge on any atom is -0.338 e. The number of hydrogen-bond acceptors (Lipinski definition) is 2. The SMILES string of the molecule is Cc1cccc(-c2nc3ccc(CN)cc3[nH]2)c1Cl. The van der Waals surface area contributed by atoms with Crippen molar-refractivity contribution in [1.82, 2.24) is 9.97 Å². The number of nitrogens with two attached hydrogens (primary N) is 1. The average Bonchev–Trinajstić information content (AvgIpc) is 2.84. The fourth-order valence-corrected chi connectivity index (χ4v) is 2.36. The molecule has 3 rings (SSSR count). The molecule has 0 radical (unpaired) electrons. The lowest BCUT2D eigenvalue weighted by molar-refractivity contribution is 1.07. The molecule has 3 aromatic rings. The van der Waals surface area contributed by atoms with Crippen molar-refractivity contribution in [3.63, 3.8) is 0 Å². The topological polar surface area (TPSA) is 54.7 Å².